The van der Waals surface area contributed by atoms with Gasteiger partial charge in [0.1, 0.15) is 0 Å². The van der Waals surface area contributed by atoms with Crippen molar-refractivity contribution in [1.29, 1.82) is 0 Å². The summed E-state index contributed by atoms with van der Waals surface area (Å²) >= 11 is 0. The summed E-state index contributed by atoms with van der Waals surface area (Å²) in [4.78, 5) is 2.38. The summed E-state index contributed by atoms with van der Waals surface area (Å²) in [5, 5.41) is 9.18. The second-order valence-electron chi connectivity index (χ2n) is 5.68. The number of ether oxygens (including phenoxy) is 3. The number of aliphatic hydroxyl groups excluding tert-OH is 1. The van der Waals surface area contributed by atoms with E-state index in [1.807, 2.05) is 0 Å². The van der Waals surface area contributed by atoms with Crippen LogP contribution in [0.1, 0.15) is 32.6 Å². The van der Waals surface area contributed by atoms with Gasteiger partial charge in [0.2, 0.25) is 0 Å². The first-order chi connectivity index (χ1) is 10.4. The molecule has 0 radical (unpaired) electrons. The van der Waals surface area contributed by atoms with E-state index in [1.165, 1.54) is 12.8 Å². The van der Waals surface area contributed by atoms with Crippen LogP contribution in [0, 0.1) is 5.92 Å². The fourth-order valence-electron chi connectivity index (χ4n) is 2.49. The number of nitrogens with zero attached hydrogens (tertiary/aromatic N) is 1. The molecule has 0 aliphatic carbocycles. The molecule has 0 aromatic heterocycles. The van der Waals surface area contributed by atoms with Crippen molar-refractivity contribution in [2.45, 2.75) is 32.6 Å². The van der Waals surface area contributed by atoms with Gasteiger partial charge in [0.15, 0.2) is 0 Å². The predicted molar refractivity (Wildman–Crippen MR) is 83.6 cm³/mol. The lowest BCUT2D eigenvalue weighted by molar-refractivity contribution is 0.00713. The first kappa shape index (κ1) is 18.8. The summed E-state index contributed by atoms with van der Waals surface area (Å²) in [7, 11) is 0. The Morgan fingerprint density at radius 2 is 1.67 bits per heavy atom. The van der Waals surface area contributed by atoms with Crippen LogP contribution in [0.25, 0.3) is 0 Å². The summed E-state index contributed by atoms with van der Waals surface area (Å²) in [6, 6.07) is 0. The molecule has 0 spiro atoms. The Morgan fingerprint density at radius 1 is 1.00 bits per heavy atom. The summed E-state index contributed by atoms with van der Waals surface area (Å²) in [5.74, 6) is 0.454. The number of unbranched alkanes of at least 4 members (excludes halogenated alkanes) is 1. The normalized spacial score (nSPS) is 20.0. The highest BCUT2D eigenvalue weighted by atomic mass is 16.5. The van der Waals surface area contributed by atoms with E-state index in [0.29, 0.717) is 39.0 Å². The standard InChI is InChI=1S/C16H33NO4/c1-2-3-8-19-10-12-21-13-11-20-9-7-17-6-4-5-16(14-17)15-18/h16,18H,2-15H2,1H3. The Kier molecular flexibility index (Phi) is 12.1. The molecule has 0 bridgehead atoms. The second-order valence-corrected chi connectivity index (χ2v) is 5.68. The van der Waals surface area contributed by atoms with Gasteiger partial charge in [0, 0.05) is 26.3 Å². The van der Waals surface area contributed by atoms with Gasteiger partial charge in [-0.25, -0.2) is 0 Å². The maximum Gasteiger partial charge on any atom is 0.0701 e. The van der Waals surface area contributed by atoms with E-state index in [1.54, 1.807) is 0 Å². The number of rotatable bonds is 13. The van der Waals surface area contributed by atoms with E-state index in [4.69, 9.17) is 14.2 Å². The summed E-state index contributed by atoms with van der Waals surface area (Å²) in [6.07, 6.45) is 4.63. The zero-order valence-electron chi connectivity index (χ0n) is 13.6. The lowest BCUT2D eigenvalue weighted by Gasteiger charge is -2.31. The number of hydrogen-bond donors (Lipinski definition) is 1. The van der Waals surface area contributed by atoms with Crippen LogP contribution in [0.4, 0.5) is 0 Å². The van der Waals surface area contributed by atoms with E-state index < -0.39 is 0 Å². The third-order valence-electron chi connectivity index (χ3n) is 3.80. The van der Waals surface area contributed by atoms with Crippen LogP contribution in [0.15, 0.2) is 0 Å². The molecule has 1 aliphatic heterocycles. The molecule has 21 heavy (non-hydrogen) atoms. The van der Waals surface area contributed by atoms with Crippen LogP contribution in [0.2, 0.25) is 0 Å². The van der Waals surface area contributed by atoms with E-state index in [-0.39, 0.29) is 0 Å². The van der Waals surface area contributed by atoms with Gasteiger partial charge in [0.25, 0.3) is 0 Å². The summed E-state index contributed by atoms with van der Waals surface area (Å²) in [6.45, 7) is 9.75. The lowest BCUT2D eigenvalue weighted by Crippen LogP contribution is -2.38. The second kappa shape index (κ2) is 13.5. The minimum absolute atomic E-state index is 0.311. The highest BCUT2D eigenvalue weighted by molar-refractivity contribution is 4.71. The first-order valence-electron chi connectivity index (χ1n) is 8.43. The first-order valence-corrected chi connectivity index (χ1v) is 8.43. The molecule has 1 N–H and O–H groups in total. The molecule has 1 heterocycles. The number of piperidine rings is 1. The van der Waals surface area contributed by atoms with Crippen molar-refractivity contribution in [2.24, 2.45) is 5.92 Å². The van der Waals surface area contributed by atoms with Crippen LogP contribution >= 0.6 is 0 Å². The molecule has 0 amide bonds. The highest BCUT2D eigenvalue weighted by Gasteiger charge is 2.18. The molecule has 1 atom stereocenters. The van der Waals surface area contributed by atoms with Crippen LogP contribution in [0.3, 0.4) is 0 Å². The lowest BCUT2D eigenvalue weighted by atomic mass is 9.99. The molecule has 1 fully saturated rings. The van der Waals surface area contributed by atoms with E-state index in [9.17, 15) is 5.11 Å². The van der Waals surface area contributed by atoms with Crippen molar-refractivity contribution in [3.05, 3.63) is 0 Å². The topological polar surface area (TPSA) is 51.2 Å². The van der Waals surface area contributed by atoms with E-state index in [0.717, 1.165) is 45.7 Å². The van der Waals surface area contributed by atoms with E-state index in [2.05, 4.69) is 11.8 Å². The minimum atomic E-state index is 0.311. The molecule has 0 aromatic carbocycles. The Balaban J connectivity index is 1.80. The maximum absolute atomic E-state index is 9.18. The Labute approximate surface area is 129 Å². The van der Waals surface area contributed by atoms with Crippen LogP contribution in [-0.4, -0.2) is 75.9 Å². The largest absolute Gasteiger partial charge is 0.396 e. The molecular weight excluding hydrogens is 270 g/mol. The molecule has 126 valence electrons. The molecule has 0 aromatic rings. The zero-order chi connectivity index (χ0) is 15.2. The van der Waals surface area contributed by atoms with Gasteiger partial charge in [-0.3, -0.25) is 0 Å². The average Bonchev–Trinajstić information content (AvgIpc) is 2.53. The maximum atomic E-state index is 9.18. The Hall–Kier alpha value is -0.200. The Morgan fingerprint density at radius 3 is 2.33 bits per heavy atom. The molecule has 5 nitrogen and oxygen atoms in total. The molecule has 1 rings (SSSR count). The third kappa shape index (κ3) is 10.2. The van der Waals surface area contributed by atoms with Gasteiger partial charge in [-0.2, -0.15) is 0 Å². The fourth-order valence-corrected chi connectivity index (χ4v) is 2.49. The number of hydrogen-bond acceptors (Lipinski definition) is 5. The molecule has 1 unspecified atom stereocenters. The predicted octanol–water partition coefficient (Wildman–Crippen LogP) is 1.54. The molecule has 1 saturated heterocycles. The fraction of sp³-hybridized carbons (Fsp3) is 1.00. The van der Waals surface area contributed by atoms with Crippen molar-refractivity contribution in [3.8, 4) is 0 Å². The zero-order valence-corrected chi connectivity index (χ0v) is 13.6. The highest BCUT2D eigenvalue weighted by Crippen LogP contribution is 2.14. The van der Waals surface area contributed by atoms with Crippen molar-refractivity contribution < 1.29 is 19.3 Å². The molecular formula is C16H33NO4. The number of aliphatic hydroxyl groups is 1. The van der Waals surface area contributed by atoms with Gasteiger partial charge >= 0.3 is 0 Å². The smallest absolute Gasteiger partial charge is 0.0701 e. The van der Waals surface area contributed by atoms with Gasteiger partial charge in [-0.1, -0.05) is 13.3 Å². The summed E-state index contributed by atoms with van der Waals surface area (Å²) < 4.78 is 16.4. The SMILES string of the molecule is CCCCOCCOCCOCCN1CCCC(CO)C1. The van der Waals surface area contributed by atoms with Gasteiger partial charge in [-0.05, 0) is 31.7 Å². The van der Waals surface area contributed by atoms with Gasteiger partial charge < -0.3 is 24.2 Å². The van der Waals surface area contributed by atoms with E-state index >= 15 is 0 Å². The van der Waals surface area contributed by atoms with Crippen molar-refractivity contribution in [2.75, 3.05) is 65.9 Å². The number of likely N-dealkylation sites (tertiary alicyclic amines) is 1. The van der Waals surface area contributed by atoms with Gasteiger partial charge in [0.05, 0.1) is 33.0 Å². The van der Waals surface area contributed by atoms with Crippen molar-refractivity contribution in [3.63, 3.8) is 0 Å². The van der Waals surface area contributed by atoms with Crippen molar-refractivity contribution in [1.82, 2.24) is 4.90 Å². The van der Waals surface area contributed by atoms with Crippen molar-refractivity contribution >= 4 is 0 Å². The van der Waals surface area contributed by atoms with Crippen LogP contribution in [0.5, 0.6) is 0 Å². The molecule has 5 heteroatoms. The summed E-state index contributed by atoms with van der Waals surface area (Å²) in [5.41, 5.74) is 0. The van der Waals surface area contributed by atoms with Gasteiger partial charge in [-0.15, -0.1) is 0 Å². The molecule has 1 aliphatic rings. The minimum Gasteiger partial charge on any atom is -0.396 e. The quantitative estimate of drug-likeness (QED) is 0.523. The Bertz CT molecular complexity index is 228. The monoisotopic (exact) mass is 303 g/mol. The average molecular weight is 303 g/mol. The van der Waals surface area contributed by atoms with Crippen LogP contribution in [-0.2, 0) is 14.2 Å². The van der Waals surface area contributed by atoms with Crippen LogP contribution < -0.4 is 0 Å². The molecule has 0 saturated carbocycles. The third-order valence-corrected chi connectivity index (χ3v) is 3.80.